The van der Waals surface area contributed by atoms with Gasteiger partial charge in [-0.25, -0.2) is 0 Å². The van der Waals surface area contributed by atoms with E-state index in [1.165, 1.54) is 26.1 Å². The van der Waals surface area contributed by atoms with E-state index < -0.39 is 29.0 Å². The molecule has 1 amide bonds. The van der Waals surface area contributed by atoms with Crippen LogP contribution in [-0.4, -0.2) is 23.3 Å². The van der Waals surface area contributed by atoms with Crippen LogP contribution < -0.4 is 10.9 Å². The molecule has 166 valence electrons. The molecule has 0 atom stereocenters. The fraction of sp³-hybridized carbons (Fsp3) is 0.174. The number of benzene rings is 2. The van der Waals surface area contributed by atoms with Crippen LogP contribution in [0.5, 0.6) is 0 Å². The second-order valence-electron chi connectivity index (χ2n) is 7.05. The normalized spacial score (nSPS) is 11.3. The summed E-state index contributed by atoms with van der Waals surface area (Å²) in [5.74, 6) is -1.16. The summed E-state index contributed by atoms with van der Waals surface area (Å²) in [5.41, 5.74) is -1.41. The molecule has 0 fully saturated rings. The number of nitrogens with zero attached hydrogens (tertiary/aromatic N) is 1. The third kappa shape index (κ3) is 4.75. The van der Waals surface area contributed by atoms with Gasteiger partial charge < -0.3 is 5.32 Å². The smallest absolute Gasteiger partial charge is 0.355 e. The Labute approximate surface area is 186 Å². The first kappa shape index (κ1) is 23.3. The maximum absolute atomic E-state index is 13.2. The van der Waals surface area contributed by atoms with Crippen LogP contribution in [0.3, 0.4) is 0 Å². The van der Waals surface area contributed by atoms with Gasteiger partial charge in [-0.2, -0.15) is 13.2 Å². The number of pyridine rings is 1. The van der Waals surface area contributed by atoms with Gasteiger partial charge in [0.1, 0.15) is 5.56 Å². The molecule has 0 saturated carbocycles. The van der Waals surface area contributed by atoms with E-state index in [1.807, 2.05) is 0 Å². The number of aromatic nitrogens is 1. The summed E-state index contributed by atoms with van der Waals surface area (Å²) in [6.45, 7) is 1.45. The zero-order valence-electron chi connectivity index (χ0n) is 17.1. The number of nitrogens with one attached hydrogen (secondary N) is 1. The Balaban J connectivity index is 2.19. The van der Waals surface area contributed by atoms with E-state index >= 15 is 0 Å². The van der Waals surface area contributed by atoms with Gasteiger partial charge in [0, 0.05) is 35.4 Å². The van der Waals surface area contributed by atoms with Gasteiger partial charge in [-0.3, -0.25) is 19.0 Å². The van der Waals surface area contributed by atoms with E-state index in [-0.39, 0.29) is 28.9 Å². The first-order valence-corrected chi connectivity index (χ1v) is 9.84. The maximum atomic E-state index is 13.2. The first-order chi connectivity index (χ1) is 15.0. The molecule has 0 aliphatic carbocycles. The van der Waals surface area contributed by atoms with E-state index in [0.29, 0.717) is 10.6 Å². The molecule has 9 heteroatoms. The van der Waals surface area contributed by atoms with Crippen molar-refractivity contribution in [3.05, 3.63) is 97.9 Å². The zero-order chi connectivity index (χ0) is 23.6. The van der Waals surface area contributed by atoms with Crippen molar-refractivity contribution >= 4 is 23.3 Å². The lowest BCUT2D eigenvalue weighted by Gasteiger charge is -2.17. The van der Waals surface area contributed by atoms with Gasteiger partial charge in [0.25, 0.3) is 11.5 Å². The molecule has 1 N–H and O–H groups in total. The van der Waals surface area contributed by atoms with Crippen LogP contribution in [0.4, 0.5) is 13.2 Å². The van der Waals surface area contributed by atoms with Crippen molar-refractivity contribution in [1.82, 2.24) is 9.88 Å². The SMILES string of the molecule is CNC(=O)c1cc(C(=O)Cc2ccc(Cl)cc2)c(C)n(-c2cccc(C(F)(F)F)c2)c1=O. The minimum absolute atomic E-state index is 0.0496. The van der Waals surface area contributed by atoms with E-state index in [0.717, 1.165) is 22.8 Å². The molecule has 5 nitrogen and oxygen atoms in total. The molecule has 2 aromatic carbocycles. The lowest BCUT2D eigenvalue weighted by atomic mass is 9.99. The highest BCUT2D eigenvalue weighted by atomic mass is 35.5. The molecule has 3 rings (SSSR count). The molecular formula is C23H18ClF3N2O3. The van der Waals surface area contributed by atoms with Crippen LogP contribution in [0.25, 0.3) is 5.69 Å². The molecule has 0 aliphatic rings. The number of hydrogen-bond donors (Lipinski definition) is 1. The Morgan fingerprint density at radius 1 is 1.03 bits per heavy atom. The van der Waals surface area contributed by atoms with Crippen LogP contribution in [0, 0.1) is 6.92 Å². The number of alkyl halides is 3. The lowest BCUT2D eigenvalue weighted by Crippen LogP contribution is -2.33. The van der Waals surface area contributed by atoms with Gasteiger partial charge in [-0.15, -0.1) is 0 Å². The molecule has 0 saturated heterocycles. The number of amides is 1. The molecule has 0 bridgehead atoms. The van der Waals surface area contributed by atoms with Crippen LogP contribution >= 0.6 is 11.6 Å². The summed E-state index contributed by atoms with van der Waals surface area (Å²) in [5, 5.41) is 2.82. The summed E-state index contributed by atoms with van der Waals surface area (Å²) in [4.78, 5) is 38.4. The van der Waals surface area contributed by atoms with Crippen molar-refractivity contribution < 1.29 is 22.8 Å². The number of ketones is 1. The third-order valence-corrected chi connectivity index (χ3v) is 5.18. The quantitative estimate of drug-likeness (QED) is 0.563. The third-order valence-electron chi connectivity index (χ3n) is 4.93. The van der Waals surface area contributed by atoms with Crippen molar-refractivity contribution in [2.45, 2.75) is 19.5 Å². The van der Waals surface area contributed by atoms with Crippen molar-refractivity contribution in [3.63, 3.8) is 0 Å². The second-order valence-corrected chi connectivity index (χ2v) is 7.49. The molecule has 1 aromatic heterocycles. The topological polar surface area (TPSA) is 68.2 Å². The van der Waals surface area contributed by atoms with E-state index in [1.54, 1.807) is 24.3 Å². The van der Waals surface area contributed by atoms with Gasteiger partial charge in [-0.05, 0) is 48.9 Å². The largest absolute Gasteiger partial charge is 0.416 e. The molecule has 0 unspecified atom stereocenters. The van der Waals surface area contributed by atoms with Gasteiger partial charge in [0.2, 0.25) is 0 Å². The van der Waals surface area contributed by atoms with Crippen LogP contribution in [0.2, 0.25) is 5.02 Å². The zero-order valence-corrected chi connectivity index (χ0v) is 17.8. The summed E-state index contributed by atoms with van der Waals surface area (Å²) >= 11 is 5.87. The second kappa shape index (κ2) is 9.00. The fourth-order valence-corrected chi connectivity index (χ4v) is 3.42. The number of halogens is 4. The predicted molar refractivity (Wildman–Crippen MR) is 115 cm³/mol. The van der Waals surface area contributed by atoms with Crippen LogP contribution in [-0.2, 0) is 12.6 Å². The van der Waals surface area contributed by atoms with Crippen molar-refractivity contribution in [3.8, 4) is 5.69 Å². The number of hydrogen-bond acceptors (Lipinski definition) is 3. The molecule has 0 radical (unpaired) electrons. The highest BCUT2D eigenvalue weighted by molar-refractivity contribution is 6.30. The maximum Gasteiger partial charge on any atom is 0.416 e. The first-order valence-electron chi connectivity index (χ1n) is 9.47. The lowest BCUT2D eigenvalue weighted by molar-refractivity contribution is -0.137. The summed E-state index contributed by atoms with van der Waals surface area (Å²) in [7, 11) is 1.31. The van der Waals surface area contributed by atoms with Crippen LogP contribution in [0.15, 0.2) is 59.4 Å². The molecule has 0 aliphatic heterocycles. The summed E-state index contributed by atoms with van der Waals surface area (Å²) in [6, 6.07) is 11.9. The molecule has 32 heavy (non-hydrogen) atoms. The van der Waals surface area contributed by atoms with Crippen molar-refractivity contribution in [2.75, 3.05) is 7.05 Å². The van der Waals surface area contributed by atoms with Gasteiger partial charge in [0.05, 0.1) is 5.56 Å². The molecule has 1 heterocycles. The number of rotatable bonds is 5. The number of carbonyl (C=O) groups excluding carboxylic acids is 2. The molecular weight excluding hydrogens is 445 g/mol. The van der Waals surface area contributed by atoms with Crippen molar-refractivity contribution in [1.29, 1.82) is 0 Å². The Bertz CT molecular complexity index is 1250. The van der Waals surface area contributed by atoms with Gasteiger partial charge >= 0.3 is 6.18 Å². The Hall–Kier alpha value is -3.39. The minimum Gasteiger partial charge on any atom is -0.355 e. The van der Waals surface area contributed by atoms with Gasteiger partial charge in [0.15, 0.2) is 5.78 Å². The summed E-state index contributed by atoms with van der Waals surface area (Å²) in [6.07, 6.45) is -4.68. The number of carbonyl (C=O) groups is 2. The van der Waals surface area contributed by atoms with E-state index in [4.69, 9.17) is 11.6 Å². The predicted octanol–water partition coefficient (Wildman–Crippen LogP) is 4.60. The minimum atomic E-state index is -4.63. The van der Waals surface area contributed by atoms with E-state index in [2.05, 4.69) is 5.32 Å². The average molecular weight is 463 g/mol. The number of Topliss-reactive ketones (excluding diaryl/α,β-unsaturated/α-hetero) is 1. The Kier molecular flexibility index (Phi) is 6.55. The molecule has 3 aromatic rings. The Morgan fingerprint density at radius 2 is 1.69 bits per heavy atom. The fourth-order valence-electron chi connectivity index (χ4n) is 3.30. The molecule has 0 spiro atoms. The highest BCUT2D eigenvalue weighted by Gasteiger charge is 2.31. The average Bonchev–Trinajstić information content (AvgIpc) is 2.74. The van der Waals surface area contributed by atoms with Gasteiger partial charge in [-0.1, -0.05) is 29.8 Å². The van der Waals surface area contributed by atoms with Crippen molar-refractivity contribution in [2.24, 2.45) is 0 Å². The summed E-state index contributed by atoms with van der Waals surface area (Å²) < 4.78 is 40.6. The van der Waals surface area contributed by atoms with E-state index in [9.17, 15) is 27.6 Å². The Morgan fingerprint density at radius 3 is 2.28 bits per heavy atom. The standard InChI is InChI=1S/C23H18ClF3N2O3/c1-13-18(20(30)10-14-6-8-16(24)9-7-14)12-19(21(31)28-2)22(32)29(13)17-5-3-4-15(11-17)23(25,26)27/h3-9,11-12H,10H2,1-2H3,(H,28,31). The monoisotopic (exact) mass is 462 g/mol. The van der Waals surface area contributed by atoms with Crippen LogP contribution in [0.1, 0.15) is 37.5 Å². The highest BCUT2D eigenvalue weighted by Crippen LogP contribution is 2.30.